The molecule has 1 aliphatic heterocycles. The fourth-order valence-corrected chi connectivity index (χ4v) is 2.23. The minimum atomic E-state index is -0.564. The van der Waals surface area contributed by atoms with Gasteiger partial charge in [-0.25, -0.2) is 4.39 Å². The molecular formula is C13H11ClFN3O2. The van der Waals surface area contributed by atoms with Crippen LogP contribution in [0.15, 0.2) is 18.2 Å². The Morgan fingerprint density at radius 1 is 1.60 bits per heavy atom. The van der Waals surface area contributed by atoms with E-state index in [9.17, 15) is 14.0 Å². The van der Waals surface area contributed by atoms with Crippen LogP contribution in [0, 0.1) is 23.1 Å². The van der Waals surface area contributed by atoms with Gasteiger partial charge >= 0.3 is 0 Å². The van der Waals surface area contributed by atoms with Crippen LogP contribution < -0.4 is 10.2 Å². The van der Waals surface area contributed by atoms with Gasteiger partial charge in [-0.2, -0.15) is 5.26 Å². The van der Waals surface area contributed by atoms with Crippen LogP contribution in [0.5, 0.6) is 0 Å². The molecule has 0 radical (unpaired) electrons. The highest BCUT2D eigenvalue weighted by Gasteiger charge is 2.35. The molecule has 1 heterocycles. The lowest BCUT2D eigenvalue weighted by atomic mass is 10.1. The molecule has 1 saturated heterocycles. The van der Waals surface area contributed by atoms with E-state index in [0.717, 1.165) is 0 Å². The molecule has 1 aromatic carbocycles. The standard InChI is InChI=1S/C13H11ClFN3O2/c14-10-6-9(1-2-11(10)15)18-7-8(5-12(18)19)13(20)17-4-3-16/h1-2,6,8H,4-5,7H2,(H,17,20). The van der Waals surface area contributed by atoms with Crippen molar-refractivity contribution in [1.29, 1.82) is 5.26 Å². The molecule has 1 atom stereocenters. The molecule has 0 aromatic heterocycles. The van der Waals surface area contributed by atoms with Gasteiger partial charge in [0.1, 0.15) is 12.4 Å². The van der Waals surface area contributed by atoms with Crippen LogP contribution >= 0.6 is 11.6 Å². The summed E-state index contributed by atoms with van der Waals surface area (Å²) >= 11 is 5.68. The highest BCUT2D eigenvalue weighted by molar-refractivity contribution is 6.31. The first-order valence-electron chi connectivity index (χ1n) is 5.93. The Kier molecular flexibility index (Phi) is 4.20. The third-order valence-corrected chi connectivity index (χ3v) is 3.34. The number of amides is 2. The molecule has 20 heavy (non-hydrogen) atoms. The summed E-state index contributed by atoms with van der Waals surface area (Å²) in [6.45, 7) is 0.101. The Morgan fingerprint density at radius 2 is 2.35 bits per heavy atom. The van der Waals surface area contributed by atoms with Crippen molar-refractivity contribution in [3.63, 3.8) is 0 Å². The second kappa shape index (κ2) is 5.88. The summed E-state index contributed by atoms with van der Waals surface area (Å²) in [7, 11) is 0. The Labute approximate surface area is 119 Å². The van der Waals surface area contributed by atoms with Gasteiger partial charge in [0.25, 0.3) is 0 Å². The lowest BCUT2D eigenvalue weighted by Crippen LogP contribution is -2.33. The first-order valence-corrected chi connectivity index (χ1v) is 6.31. The summed E-state index contributed by atoms with van der Waals surface area (Å²) in [4.78, 5) is 25.0. The zero-order chi connectivity index (χ0) is 14.7. The third kappa shape index (κ3) is 2.89. The van der Waals surface area contributed by atoms with E-state index in [0.29, 0.717) is 5.69 Å². The SMILES string of the molecule is N#CCNC(=O)C1CC(=O)N(c2ccc(F)c(Cl)c2)C1. The van der Waals surface area contributed by atoms with Crippen LogP contribution in [0.2, 0.25) is 5.02 Å². The molecular weight excluding hydrogens is 285 g/mol. The van der Waals surface area contributed by atoms with Gasteiger partial charge in [0.2, 0.25) is 11.8 Å². The Balaban J connectivity index is 2.11. The Bertz CT molecular complexity index is 600. The van der Waals surface area contributed by atoms with Crippen molar-refractivity contribution in [3.8, 4) is 6.07 Å². The first kappa shape index (κ1) is 14.3. The van der Waals surface area contributed by atoms with E-state index in [1.807, 2.05) is 0 Å². The summed E-state index contributed by atoms with van der Waals surface area (Å²) in [5.74, 6) is -1.65. The number of nitriles is 1. The van der Waals surface area contributed by atoms with E-state index in [1.54, 1.807) is 6.07 Å². The van der Waals surface area contributed by atoms with Crippen LogP contribution in [0.4, 0.5) is 10.1 Å². The van der Waals surface area contributed by atoms with Crippen LogP contribution in [-0.2, 0) is 9.59 Å². The summed E-state index contributed by atoms with van der Waals surface area (Å²) in [5.41, 5.74) is 0.456. The largest absolute Gasteiger partial charge is 0.343 e. The van der Waals surface area contributed by atoms with Crippen molar-refractivity contribution in [2.45, 2.75) is 6.42 Å². The molecule has 1 aromatic rings. The number of hydrogen-bond donors (Lipinski definition) is 1. The topological polar surface area (TPSA) is 73.2 Å². The number of carbonyl (C=O) groups excluding carboxylic acids is 2. The molecule has 104 valence electrons. The minimum absolute atomic E-state index is 0.0618. The number of nitrogens with one attached hydrogen (secondary N) is 1. The zero-order valence-corrected chi connectivity index (χ0v) is 11.2. The monoisotopic (exact) mass is 295 g/mol. The van der Waals surface area contributed by atoms with Gasteiger partial charge in [-0.15, -0.1) is 0 Å². The molecule has 0 saturated carbocycles. The van der Waals surface area contributed by atoms with Crippen molar-refractivity contribution in [2.75, 3.05) is 18.0 Å². The summed E-state index contributed by atoms with van der Waals surface area (Å²) < 4.78 is 13.1. The molecule has 2 rings (SSSR count). The quantitative estimate of drug-likeness (QED) is 0.858. The average Bonchev–Trinajstić information content (AvgIpc) is 2.81. The van der Waals surface area contributed by atoms with Crippen molar-refractivity contribution >= 4 is 29.1 Å². The summed E-state index contributed by atoms with van der Waals surface area (Å²) in [6.07, 6.45) is 0.0618. The number of benzene rings is 1. The zero-order valence-electron chi connectivity index (χ0n) is 10.4. The van der Waals surface area contributed by atoms with Crippen LogP contribution in [0.3, 0.4) is 0 Å². The number of carbonyl (C=O) groups is 2. The van der Waals surface area contributed by atoms with Gasteiger partial charge in [-0.05, 0) is 18.2 Å². The molecule has 5 nitrogen and oxygen atoms in total. The normalized spacial score (nSPS) is 17.9. The number of rotatable bonds is 3. The Morgan fingerprint density at radius 3 is 3.00 bits per heavy atom. The predicted molar refractivity (Wildman–Crippen MR) is 70.5 cm³/mol. The number of hydrogen-bond acceptors (Lipinski definition) is 3. The maximum atomic E-state index is 13.1. The smallest absolute Gasteiger partial charge is 0.227 e. The molecule has 1 aliphatic rings. The molecule has 0 aliphatic carbocycles. The molecule has 7 heteroatoms. The fourth-order valence-electron chi connectivity index (χ4n) is 2.06. The summed E-state index contributed by atoms with van der Waals surface area (Å²) in [6, 6.07) is 5.77. The van der Waals surface area contributed by atoms with Gasteiger partial charge in [-0.1, -0.05) is 11.6 Å². The van der Waals surface area contributed by atoms with Crippen LogP contribution in [0.1, 0.15) is 6.42 Å². The van der Waals surface area contributed by atoms with Gasteiger partial charge in [0.15, 0.2) is 0 Å². The highest BCUT2D eigenvalue weighted by Crippen LogP contribution is 2.28. The van der Waals surface area contributed by atoms with Gasteiger partial charge in [0.05, 0.1) is 17.0 Å². The molecule has 0 bridgehead atoms. The summed E-state index contributed by atoms with van der Waals surface area (Å²) in [5, 5.41) is 10.8. The van der Waals surface area contributed by atoms with E-state index in [4.69, 9.17) is 16.9 Å². The second-order valence-electron chi connectivity index (χ2n) is 4.38. The first-order chi connectivity index (χ1) is 9.52. The number of halogens is 2. The number of nitrogens with zero attached hydrogens (tertiary/aromatic N) is 2. The van der Waals surface area contributed by atoms with Crippen molar-refractivity contribution < 1.29 is 14.0 Å². The predicted octanol–water partition coefficient (Wildman–Crippen LogP) is 1.47. The molecule has 1 unspecified atom stereocenters. The van der Waals surface area contributed by atoms with E-state index in [1.165, 1.54) is 23.1 Å². The highest BCUT2D eigenvalue weighted by atomic mass is 35.5. The second-order valence-corrected chi connectivity index (χ2v) is 4.79. The lowest BCUT2D eigenvalue weighted by Gasteiger charge is -2.17. The molecule has 0 spiro atoms. The third-order valence-electron chi connectivity index (χ3n) is 3.05. The molecule has 1 N–H and O–H groups in total. The average molecular weight is 296 g/mol. The van der Waals surface area contributed by atoms with E-state index in [2.05, 4.69) is 5.32 Å². The van der Waals surface area contributed by atoms with E-state index >= 15 is 0 Å². The molecule has 1 fully saturated rings. The van der Waals surface area contributed by atoms with E-state index in [-0.39, 0.29) is 36.3 Å². The van der Waals surface area contributed by atoms with E-state index < -0.39 is 11.7 Å². The van der Waals surface area contributed by atoms with Crippen molar-refractivity contribution in [2.24, 2.45) is 5.92 Å². The van der Waals surface area contributed by atoms with Crippen LogP contribution in [0.25, 0.3) is 0 Å². The van der Waals surface area contributed by atoms with Crippen molar-refractivity contribution in [3.05, 3.63) is 29.0 Å². The minimum Gasteiger partial charge on any atom is -0.343 e. The molecule has 2 amide bonds. The lowest BCUT2D eigenvalue weighted by molar-refractivity contribution is -0.126. The van der Waals surface area contributed by atoms with Crippen molar-refractivity contribution in [1.82, 2.24) is 5.32 Å². The Hall–Kier alpha value is -2.13. The van der Waals surface area contributed by atoms with Crippen LogP contribution in [-0.4, -0.2) is 24.9 Å². The fraction of sp³-hybridized carbons (Fsp3) is 0.308. The van der Waals surface area contributed by atoms with Gasteiger partial charge in [0, 0.05) is 18.7 Å². The maximum Gasteiger partial charge on any atom is 0.227 e. The maximum absolute atomic E-state index is 13.1. The van der Waals surface area contributed by atoms with Gasteiger partial charge < -0.3 is 10.2 Å². The van der Waals surface area contributed by atoms with Gasteiger partial charge in [-0.3, -0.25) is 9.59 Å². The number of anilines is 1.